The summed E-state index contributed by atoms with van der Waals surface area (Å²) in [5.74, 6) is 0.172. The third-order valence-electron chi connectivity index (χ3n) is 3.74. The maximum atomic E-state index is 11.9. The van der Waals surface area contributed by atoms with Crippen molar-refractivity contribution in [2.45, 2.75) is 39.5 Å². The SMILES string of the molecule is CC(C)C(CN)C(=O)NCCC(=O)N1CCCCC1. The molecule has 5 nitrogen and oxygen atoms in total. The van der Waals surface area contributed by atoms with Crippen molar-refractivity contribution >= 4 is 11.8 Å². The quantitative estimate of drug-likeness (QED) is 0.746. The highest BCUT2D eigenvalue weighted by Crippen LogP contribution is 2.10. The molecule has 1 atom stereocenters. The zero-order valence-electron chi connectivity index (χ0n) is 12.2. The van der Waals surface area contributed by atoms with Gasteiger partial charge in [0.05, 0.1) is 5.92 Å². The largest absolute Gasteiger partial charge is 0.355 e. The standard InChI is InChI=1S/C14H27N3O2/c1-11(2)12(10-15)14(19)16-7-6-13(18)17-8-4-3-5-9-17/h11-12H,3-10,15H2,1-2H3,(H,16,19). The molecule has 0 aromatic rings. The summed E-state index contributed by atoms with van der Waals surface area (Å²) in [6, 6.07) is 0. The van der Waals surface area contributed by atoms with E-state index in [2.05, 4.69) is 5.32 Å². The molecule has 110 valence electrons. The van der Waals surface area contributed by atoms with E-state index in [1.54, 1.807) is 0 Å². The van der Waals surface area contributed by atoms with Crippen molar-refractivity contribution in [3.63, 3.8) is 0 Å². The van der Waals surface area contributed by atoms with E-state index in [0.29, 0.717) is 19.5 Å². The third-order valence-corrected chi connectivity index (χ3v) is 3.74. The number of nitrogens with two attached hydrogens (primary N) is 1. The first-order chi connectivity index (χ1) is 9.06. The minimum atomic E-state index is -0.162. The number of piperidine rings is 1. The summed E-state index contributed by atoms with van der Waals surface area (Å²) in [4.78, 5) is 25.7. The van der Waals surface area contributed by atoms with E-state index >= 15 is 0 Å². The second-order valence-corrected chi connectivity index (χ2v) is 5.57. The van der Waals surface area contributed by atoms with Crippen LogP contribution in [0.25, 0.3) is 0 Å². The first-order valence-corrected chi connectivity index (χ1v) is 7.31. The molecule has 1 heterocycles. The van der Waals surface area contributed by atoms with Crippen LogP contribution in [0.3, 0.4) is 0 Å². The molecule has 0 aromatic heterocycles. The molecular weight excluding hydrogens is 242 g/mol. The smallest absolute Gasteiger partial charge is 0.224 e. The van der Waals surface area contributed by atoms with Crippen molar-refractivity contribution in [3.05, 3.63) is 0 Å². The molecule has 1 rings (SSSR count). The van der Waals surface area contributed by atoms with Crippen LogP contribution in [-0.4, -0.2) is 42.9 Å². The minimum Gasteiger partial charge on any atom is -0.355 e. The molecule has 0 saturated carbocycles. The molecule has 2 amide bonds. The van der Waals surface area contributed by atoms with E-state index in [-0.39, 0.29) is 23.7 Å². The van der Waals surface area contributed by atoms with Gasteiger partial charge in [-0.25, -0.2) is 0 Å². The maximum Gasteiger partial charge on any atom is 0.224 e. The van der Waals surface area contributed by atoms with Crippen molar-refractivity contribution in [2.24, 2.45) is 17.6 Å². The van der Waals surface area contributed by atoms with E-state index in [9.17, 15) is 9.59 Å². The first-order valence-electron chi connectivity index (χ1n) is 7.31. The van der Waals surface area contributed by atoms with Gasteiger partial charge in [-0.05, 0) is 25.2 Å². The fourth-order valence-electron chi connectivity index (χ4n) is 2.41. The zero-order chi connectivity index (χ0) is 14.3. The number of hydrogen-bond donors (Lipinski definition) is 2. The number of nitrogens with one attached hydrogen (secondary N) is 1. The topological polar surface area (TPSA) is 75.4 Å². The van der Waals surface area contributed by atoms with Gasteiger partial charge in [-0.1, -0.05) is 13.8 Å². The molecule has 1 unspecified atom stereocenters. The van der Waals surface area contributed by atoms with Gasteiger partial charge in [-0.2, -0.15) is 0 Å². The van der Waals surface area contributed by atoms with Crippen molar-refractivity contribution in [2.75, 3.05) is 26.2 Å². The Morgan fingerprint density at radius 3 is 2.37 bits per heavy atom. The van der Waals surface area contributed by atoms with Gasteiger partial charge < -0.3 is 16.0 Å². The molecule has 3 N–H and O–H groups in total. The number of hydrogen-bond acceptors (Lipinski definition) is 3. The summed E-state index contributed by atoms with van der Waals surface area (Å²) in [6.45, 7) is 6.46. The predicted molar refractivity (Wildman–Crippen MR) is 75.4 cm³/mol. The Hall–Kier alpha value is -1.10. The minimum absolute atomic E-state index is 0.0380. The molecular formula is C14H27N3O2. The Balaban J connectivity index is 2.25. The van der Waals surface area contributed by atoms with Crippen molar-refractivity contribution in [3.8, 4) is 0 Å². The van der Waals surface area contributed by atoms with Gasteiger partial charge in [0.15, 0.2) is 0 Å². The molecule has 1 aliphatic heterocycles. The van der Waals surface area contributed by atoms with Crippen LogP contribution in [0, 0.1) is 11.8 Å². The lowest BCUT2D eigenvalue weighted by Crippen LogP contribution is -2.41. The second kappa shape index (κ2) is 8.15. The van der Waals surface area contributed by atoms with E-state index in [4.69, 9.17) is 5.73 Å². The number of nitrogens with zero attached hydrogens (tertiary/aromatic N) is 1. The van der Waals surface area contributed by atoms with Crippen LogP contribution in [0.1, 0.15) is 39.5 Å². The van der Waals surface area contributed by atoms with E-state index in [1.807, 2.05) is 18.7 Å². The molecule has 0 spiro atoms. The van der Waals surface area contributed by atoms with Crippen LogP contribution < -0.4 is 11.1 Å². The van der Waals surface area contributed by atoms with Crippen LogP contribution >= 0.6 is 0 Å². The molecule has 5 heteroatoms. The van der Waals surface area contributed by atoms with Gasteiger partial charge in [-0.3, -0.25) is 9.59 Å². The van der Waals surface area contributed by atoms with Crippen LogP contribution in [0.2, 0.25) is 0 Å². The molecule has 1 aliphatic rings. The normalized spacial score (nSPS) is 17.4. The van der Waals surface area contributed by atoms with Gasteiger partial charge in [0, 0.05) is 32.6 Å². The average molecular weight is 269 g/mol. The van der Waals surface area contributed by atoms with E-state index < -0.39 is 0 Å². The molecule has 0 bridgehead atoms. The number of carbonyl (C=O) groups excluding carboxylic acids is 2. The summed E-state index contributed by atoms with van der Waals surface area (Å²) in [5, 5.41) is 2.82. The highest BCUT2D eigenvalue weighted by Gasteiger charge is 2.21. The lowest BCUT2D eigenvalue weighted by molar-refractivity contribution is -0.132. The van der Waals surface area contributed by atoms with E-state index in [1.165, 1.54) is 6.42 Å². The van der Waals surface area contributed by atoms with Crippen LogP contribution in [0.5, 0.6) is 0 Å². The Labute approximate surface area is 115 Å². The summed E-state index contributed by atoms with van der Waals surface area (Å²) in [5.41, 5.74) is 5.59. The third kappa shape index (κ3) is 5.19. The summed E-state index contributed by atoms with van der Waals surface area (Å²) < 4.78 is 0. The van der Waals surface area contributed by atoms with Gasteiger partial charge >= 0.3 is 0 Å². The van der Waals surface area contributed by atoms with Gasteiger partial charge in [-0.15, -0.1) is 0 Å². The molecule has 1 fully saturated rings. The Kier molecular flexibility index (Phi) is 6.84. The Bertz CT molecular complexity index is 299. The van der Waals surface area contributed by atoms with Gasteiger partial charge in [0.25, 0.3) is 0 Å². The van der Waals surface area contributed by atoms with Gasteiger partial charge in [0.2, 0.25) is 11.8 Å². The zero-order valence-corrected chi connectivity index (χ0v) is 12.2. The average Bonchev–Trinajstić information content (AvgIpc) is 2.40. The molecule has 19 heavy (non-hydrogen) atoms. The molecule has 0 radical (unpaired) electrons. The summed E-state index contributed by atoms with van der Waals surface area (Å²) in [7, 11) is 0. The molecule has 0 aliphatic carbocycles. The fourth-order valence-corrected chi connectivity index (χ4v) is 2.41. The van der Waals surface area contributed by atoms with Crippen LogP contribution in [0.15, 0.2) is 0 Å². The van der Waals surface area contributed by atoms with Gasteiger partial charge in [0.1, 0.15) is 0 Å². The molecule has 1 saturated heterocycles. The maximum absolute atomic E-state index is 11.9. The number of amides is 2. The lowest BCUT2D eigenvalue weighted by atomic mass is 9.95. The first kappa shape index (κ1) is 16.0. The van der Waals surface area contributed by atoms with E-state index in [0.717, 1.165) is 25.9 Å². The highest BCUT2D eigenvalue weighted by atomic mass is 16.2. The van der Waals surface area contributed by atoms with Crippen molar-refractivity contribution in [1.82, 2.24) is 10.2 Å². The van der Waals surface area contributed by atoms with Crippen molar-refractivity contribution in [1.29, 1.82) is 0 Å². The summed E-state index contributed by atoms with van der Waals surface area (Å²) >= 11 is 0. The van der Waals surface area contributed by atoms with Crippen LogP contribution in [-0.2, 0) is 9.59 Å². The number of likely N-dealkylation sites (tertiary alicyclic amines) is 1. The predicted octanol–water partition coefficient (Wildman–Crippen LogP) is 0.736. The monoisotopic (exact) mass is 269 g/mol. The number of carbonyl (C=O) groups is 2. The summed E-state index contributed by atoms with van der Waals surface area (Å²) in [6.07, 6.45) is 3.80. The highest BCUT2D eigenvalue weighted by molar-refractivity contribution is 5.80. The Morgan fingerprint density at radius 2 is 1.84 bits per heavy atom. The Morgan fingerprint density at radius 1 is 1.21 bits per heavy atom. The molecule has 0 aromatic carbocycles. The lowest BCUT2D eigenvalue weighted by Gasteiger charge is -2.27. The fraction of sp³-hybridized carbons (Fsp3) is 0.857. The van der Waals surface area contributed by atoms with Crippen LogP contribution in [0.4, 0.5) is 0 Å². The number of rotatable bonds is 6. The van der Waals surface area contributed by atoms with Crippen molar-refractivity contribution < 1.29 is 9.59 Å². The second-order valence-electron chi connectivity index (χ2n) is 5.57.